The van der Waals surface area contributed by atoms with Gasteiger partial charge in [0.2, 0.25) is 5.91 Å². The smallest absolute Gasteiger partial charge is 0.228 e. The van der Waals surface area contributed by atoms with Crippen molar-refractivity contribution in [1.29, 1.82) is 0 Å². The summed E-state index contributed by atoms with van der Waals surface area (Å²) < 4.78 is 19.6. The molecule has 2 heterocycles. The Kier molecular flexibility index (Phi) is 4.81. The lowest BCUT2D eigenvalue weighted by atomic mass is 10.1. The molecule has 0 aliphatic carbocycles. The van der Waals surface area contributed by atoms with Crippen molar-refractivity contribution >= 4 is 28.3 Å². The van der Waals surface area contributed by atoms with Crippen LogP contribution in [0, 0.1) is 5.82 Å². The number of hydrogen-bond donors (Lipinski definition) is 0. The van der Waals surface area contributed by atoms with E-state index in [0.29, 0.717) is 48.7 Å². The number of benzene rings is 2. The lowest BCUT2D eigenvalue weighted by Gasteiger charge is -2.36. The molecule has 0 N–H and O–H groups in total. The van der Waals surface area contributed by atoms with Crippen LogP contribution in [0.2, 0.25) is 0 Å². The number of para-hydroxylation sites is 1. The second-order valence-electron chi connectivity index (χ2n) is 6.89. The summed E-state index contributed by atoms with van der Waals surface area (Å²) in [6.07, 6.45) is 0.179. The van der Waals surface area contributed by atoms with Gasteiger partial charge in [-0.05, 0) is 37.3 Å². The lowest BCUT2D eigenvalue weighted by Crippen LogP contribution is -2.49. The molecular weight excluding hydrogens is 361 g/mol. The minimum Gasteiger partial charge on any atom is -0.366 e. The Labute approximate surface area is 161 Å². The number of carbonyl (C=O) groups excluding carboxylic acids is 2. The summed E-state index contributed by atoms with van der Waals surface area (Å²) in [6, 6.07) is 12.0. The van der Waals surface area contributed by atoms with E-state index in [1.807, 2.05) is 29.2 Å². The molecular formula is C21H20FN3O3. The molecule has 28 heavy (non-hydrogen) atoms. The van der Waals surface area contributed by atoms with Crippen LogP contribution in [0.25, 0.3) is 11.0 Å². The topological polar surface area (TPSA) is 66.7 Å². The van der Waals surface area contributed by atoms with Gasteiger partial charge in [-0.3, -0.25) is 9.59 Å². The van der Waals surface area contributed by atoms with E-state index < -0.39 is 5.82 Å². The molecule has 1 aliphatic heterocycles. The zero-order valence-electron chi connectivity index (χ0n) is 15.5. The second-order valence-corrected chi connectivity index (χ2v) is 6.89. The SMILES string of the molecule is CC(=O)c1ccc(N2CCN(C(=O)Cc3noc4ccccc34)CC2)c(F)c1. The minimum absolute atomic E-state index is 0.0221. The van der Waals surface area contributed by atoms with E-state index in [0.717, 1.165) is 5.39 Å². The highest BCUT2D eigenvalue weighted by Gasteiger charge is 2.24. The van der Waals surface area contributed by atoms with Crippen LogP contribution in [0.4, 0.5) is 10.1 Å². The first-order valence-electron chi connectivity index (χ1n) is 9.19. The first kappa shape index (κ1) is 18.2. The fourth-order valence-corrected chi connectivity index (χ4v) is 3.50. The molecule has 144 valence electrons. The number of nitrogens with zero attached hydrogens (tertiary/aromatic N) is 3. The summed E-state index contributed by atoms with van der Waals surface area (Å²) in [5, 5.41) is 4.87. The quantitative estimate of drug-likeness (QED) is 0.650. The highest BCUT2D eigenvalue weighted by molar-refractivity contribution is 5.94. The van der Waals surface area contributed by atoms with E-state index in [1.54, 1.807) is 17.0 Å². The van der Waals surface area contributed by atoms with Crippen LogP contribution in [0.1, 0.15) is 23.0 Å². The van der Waals surface area contributed by atoms with E-state index >= 15 is 0 Å². The Morgan fingerprint density at radius 2 is 1.86 bits per heavy atom. The highest BCUT2D eigenvalue weighted by atomic mass is 19.1. The number of Topliss-reactive ketones (excluding diaryl/α,β-unsaturated/α-hetero) is 1. The van der Waals surface area contributed by atoms with Gasteiger partial charge in [0, 0.05) is 37.1 Å². The minimum atomic E-state index is -0.415. The van der Waals surface area contributed by atoms with Gasteiger partial charge in [-0.1, -0.05) is 17.3 Å². The number of anilines is 1. The summed E-state index contributed by atoms with van der Waals surface area (Å²) in [6.45, 7) is 3.48. The number of amides is 1. The summed E-state index contributed by atoms with van der Waals surface area (Å²) in [7, 11) is 0. The summed E-state index contributed by atoms with van der Waals surface area (Å²) in [5.41, 5.74) is 2.11. The van der Waals surface area contributed by atoms with Gasteiger partial charge < -0.3 is 14.3 Å². The molecule has 0 unspecified atom stereocenters. The van der Waals surface area contributed by atoms with E-state index in [-0.39, 0.29) is 18.1 Å². The number of halogens is 1. The van der Waals surface area contributed by atoms with Crippen molar-refractivity contribution in [2.45, 2.75) is 13.3 Å². The molecule has 6 nitrogen and oxygen atoms in total. The number of ketones is 1. The van der Waals surface area contributed by atoms with Crippen LogP contribution in [-0.4, -0.2) is 47.9 Å². The van der Waals surface area contributed by atoms with E-state index in [4.69, 9.17) is 4.52 Å². The van der Waals surface area contributed by atoms with Gasteiger partial charge in [0.25, 0.3) is 0 Å². The zero-order valence-corrected chi connectivity index (χ0v) is 15.5. The molecule has 1 aliphatic rings. The third-order valence-corrected chi connectivity index (χ3v) is 5.10. The first-order chi connectivity index (χ1) is 13.5. The molecule has 1 fully saturated rings. The third-order valence-electron chi connectivity index (χ3n) is 5.10. The largest absolute Gasteiger partial charge is 0.366 e. The van der Waals surface area contributed by atoms with Crippen LogP contribution in [0.3, 0.4) is 0 Å². The lowest BCUT2D eigenvalue weighted by molar-refractivity contribution is -0.130. The van der Waals surface area contributed by atoms with Gasteiger partial charge in [0.1, 0.15) is 11.5 Å². The van der Waals surface area contributed by atoms with Crippen molar-refractivity contribution in [1.82, 2.24) is 10.1 Å². The molecule has 1 aromatic heterocycles. The van der Waals surface area contributed by atoms with Crippen LogP contribution < -0.4 is 4.90 Å². The average molecular weight is 381 g/mol. The molecule has 0 saturated carbocycles. The molecule has 0 radical (unpaired) electrons. The van der Waals surface area contributed by atoms with Crippen molar-refractivity contribution in [2.24, 2.45) is 0 Å². The van der Waals surface area contributed by atoms with Gasteiger partial charge in [0.05, 0.1) is 12.1 Å². The zero-order chi connectivity index (χ0) is 19.7. The number of piperazine rings is 1. The number of rotatable bonds is 4. The third kappa shape index (κ3) is 3.47. The molecule has 0 atom stereocenters. The monoisotopic (exact) mass is 381 g/mol. The average Bonchev–Trinajstić information content (AvgIpc) is 3.11. The predicted octanol–water partition coefficient (Wildman–Crippen LogP) is 3.06. The number of fused-ring (bicyclic) bond motifs is 1. The Balaban J connectivity index is 1.40. The Hall–Kier alpha value is -3.22. The standard InChI is InChI=1S/C21H20FN3O3/c1-14(26)15-6-7-19(17(22)12-15)24-8-10-25(11-9-24)21(27)13-18-16-4-2-3-5-20(16)28-23-18/h2-7,12H,8-11,13H2,1H3. The van der Waals surface area contributed by atoms with Gasteiger partial charge in [-0.15, -0.1) is 0 Å². The molecule has 0 spiro atoms. The molecule has 4 rings (SSSR count). The summed E-state index contributed by atoms with van der Waals surface area (Å²) in [4.78, 5) is 27.7. The molecule has 7 heteroatoms. The van der Waals surface area contributed by atoms with Crippen LogP contribution >= 0.6 is 0 Å². The second kappa shape index (κ2) is 7.42. The maximum absolute atomic E-state index is 14.4. The molecule has 2 aromatic carbocycles. The van der Waals surface area contributed by atoms with Crippen molar-refractivity contribution in [3.05, 3.63) is 59.5 Å². The number of aromatic nitrogens is 1. The first-order valence-corrected chi connectivity index (χ1v) is 9.19. The molecule has 3 aromatic rings. The van der Waals surface area contributed by atoms with E-state index in [9.17, 15) is 14.0 Å². The van der Waals surface area contributed by atoms with Crippen molar-refractivity contribution in [3.63, 3.8) is 0 Å². The van der Waals surface area contributed by atoms with Gasteiger partial charge >= 0.3 is 0 Å². The Morgan fingerprint density at radius 3 is 2.57 bits per heavy atom. The van der Waals surface area contributed by atoms with Crippen molar-refractivity contribution < 1.29 is 18.5 Å². The maximum atomic E-state index is 14.4. The fraction of sp³-hybridized carbons (Fsp3) is 0.286. The van der Waals surface area contributed by atoms with E-state index in [2.05, 4.69) is 5.16 Å². The van der Waals surface area contributed by atoms with Gasteiger partial charge in [-0.2, -0.15) is 0 Å². The van der Waals surface area contributed by atoms with Crippen molar-refractivity contribution in [2.75, 3.05) is 31.1 Å². The van der Waals surface area contributed by atoms with E-state index in [1.165, 1.54) is 13.0 Å². The molecule has 1 amide bonds. The summed E-state index contributed by atoms with van der Waals surface area (Å²) in [5.74, 6) is -0.603. The Bertz CT molecular complexity index is 1040. The molecule has 1 saturated heterocycles. The summed E-state index contributed by atoms with van der Waals surface area (Å²) >= 11 is 0. The van der Waals surface area contributed by atoms with Crippen LogP contribution in [0.5, 0.6) is 0 Å². The van der Waals surface area contributed by atoms with Gasteiger partial charge in [0.15, 0.2) is 11.4 Å². The Morgan fingerprint density at radius 1 is 1.11 bits per heavy atom. The van der Waals surface area contributed by atoms with Gasteiger partial charge in [-0.25, -0.2) is 4.39 Å². The number of carbonyl (C=O) groups is 2. The van der Waals surface area contributed by atoms with Crippen molar-refractivity contribution in [3.8, 4) is 0 Å². The number of hydrogen-bond acceptors (Lipinski definition) is 5. The fourth-order valence-electron chi connectivity index (χ4n) is 3.50. The maximum Gasteiger partial charge on any atom is 0.228 e. The van der Waals surface area contributed by atoms with Crippen LogP contribution in [-0.2, 0) is 11.2 Å². The highest BCUT2D eigenvalue weighted by Crippen LogP contribution is 2.23. The molecule has 0 bridgehead atoms. The van der Waals surface area contributed by atoms with Crippen LogP contribution in [0.15, 0.2) is 47.0 Å². The predicted molar refractivity (Wildman–Crippen MR) is 103 cm³/mol. The normalized spacial score (nSPS) is 14.5.